The highest BCUT2D eigenvalue weighted by atomic mass is 16.6. The highest BCUT2D eigenvalue weighted by Gasteiger charge is 2.32. The van der Waals surface area contributed by atoms with E-state index in [9.17, 15) is 39.3 Å². The number of esters is 5. The Morgan fingerprint density at radius 3 is 1.36 bits per heavy atom. The van der Waals surface area contributed by atoms with Crippen molar-refractivity contribution in [3.8, 4) is 0 Å². The number of aliphatic hydroxyl groups excluding tert-OH is 3. The molecule has 1 unspecified atom stereocenters. The van der Waals surface area contributed by atoms with Gasteiger partial charge in [-0.05, 0) is 55.3 Å². The summed E-state index contributed by atoms with van der Waals surface area (Å²) in [5, 5.41) is 28.7. The van der Waals surface area contributed by atoms with Crippen molar-refractivity contribution in [2.75, 3.05) is 52.9 Å². The van der Waals surface area contributed by atoms with E-state index in [0.717, 1.165) is 0 Å². The van der Waals surface area contributed by atoms with Crippen LogP contribution in [0.2, 0.25) is 0 Å². The zero-order valence-electron chi connectivity index (χ0n) is 25.6. The van der Waals surface area contributed by atoms with E-state index in [2.05, 4.69) is 0 Å². The number of carbonyl (C=O) groups is 5. The molecule has 1 atom stereocenters. The lowest BCUT2D eigenvalue weighted by Gasteiger charge is -2.29. The fraction of sp³-hybridized carbons (Fsp3) is 0.469. The summed E-state index contributed by atoms with van der Waals surface area (Å²) in [5.41, 5.74) is -1.49. The molecule has 2 rings (SSSR count). The Bertz CT molecular complexity index is 1290. The number of benzene rings is 2. The van der Waals surface area contributed by atoms with Crippen molar-refractivity contribution in [3.05, 3.63) is 70.8 Å². The summed E-state index contributed by atoms with van der Waals surface area (Å²) in [5.74, 6) is -3.46. The van der Waals surface area contributed by atoms with Gasteiger partial charge in [0.05, 0.1) is 52.9 Å². The van der Waals surface area contributed by atoms with Crippen LogP contribution in [0.25, 0.3) is 0 Å². The summed E-state index contributed by atoms with van der Waals surface area (Å²) in [6, 6.07) is 11.1. The molecule has 2 aromatic carbocycles. The van der Waals surface area contributed by atoms with Crippen molar-refractivity contribution >= 4 is 29.8 Å². The number of ether oxygens (including phenoxy) is 5. The van der Waals surface area contributed by atoms with Crippen molar-refractivity contribution in [2.24, 2.45) is 10.8 Å². The van der Waals surface area contributed by atoms with Gasteiger partial charge in [-0.1, -0.05) is 19.9 Å². The molecule has 0 saturated heterocycles. The molecule has 0 aliphatic heterocycles. The average Bonchev–Trinajstić information content (AvgIpc) is 3.07. The third-order valence-corrected chi connectivity index (χ3v) is 7.35. The number of carbonyl (C=O) groups excluding carboxylic acids is 5. The lowest BCUT2D eigenvalue weighted by atomic mass is 9.88. The molecule has 45 heavy (non-hydrogen) atoms. The SMILES string of the molecule is CCC(CO)(CO)COC(=O)c1ccc(C(=O)OCCOC(=O)c2cccc(C(=O)OCC(CC)(CO)COC(C)=O)c2)cc1. The number of hydrogen-bond donors (Lipinski definition) is 3. The Balaban J connectivity index is 1.84. The van der Waals surface area contributed by atoms with Crippen LogP contribution in [-0.4, -0.2) is 98.0 Å². The maximum Gasteiger partial charge on any atom is 0.338 e. The van der Waals surface area contributed by atoms with E-state index >= 15 is 0 Å². The summed E-state index contributed by atoms with van der Waals surface area (Å²) in [6.07, 6.45) is 0.778. The van der Waals surface area contributed by atoms with Crippen LogP contribution in [0.4, 0.5) is 0 Å². The molecule has 0 bridgehead atoms. The normalized spacial score (nSPS) is 12.4. The Labute approximate surface area is 261 Å². The van der Waals surface area contributed by atoms with Gasteiger partial charge in [0.2, 0.25) is 0 Å². The van der Waals surface area contributed by atoms with Gasteiger partial charge in [-0.25, -0.2) is 19.2 Å². The van der Waals surface area contributed by atoms with Gasteiger partial charge in [0.15, 0.2) is 0 Å². The van der Waals surface area contributed by atoms with Crippen LogP contribution in [0.1, 0.15) is 75.0 Å². The molecule has 0 saturated carbocycles. The maximum absolute atomic E-state index is 12.6. The third kappa shape index (κ3) is 11.0. The first-order valence-corrected chi connectivity index (χ1v) is 14.3. The van der Waals surface area contributed by atoms with Crippen molar-refractivity contribution < 1.29 is 63.0 Å². The second-order valence-corrected chi connectivity index (χ2v) is 10.5. The third-order valence-electron chi connectivity index (χ3n) is 7.35. The van der Waals surface area contributed by atoms with Crippen LogP contribution in [0.5, 0.6) is 0 Å². The minimum absolute atomic E-state index is 0.0521. The summed E-state index contributed by atoms with van der Waals surface area (Å²) in [7, 11) is 0. The monoisotopic (exact) mass is 632 g/mol. The Morgan fingerprint density at radius 2 is 0.933 bits per heavy atom. The topological polar surface area (TPSA) is 192 Å². The smallest absolute Gasteiger partial charge is 0.338 e. The number of hydrogen-bond acceptors (Lipinski definition) is 13. The van der Waals surface area contributed by atoms with Gasteiger partial charge in [-0.3, -0.25) is 4.79 Å². The Kier molecular flexibility index (Phi) is 14.6. The minimum Gasteiger partial charge on any atom is -0.465 e. The predicted octanol–water partition coefficient (Wildman–Crippen LogP) is 2.35. The van der Waals surface area contributed by atoms with Crippen molar-refractivity contribution in [3.63, 3.8) is 0 Å². The van der Waals surface area contributed by atoms with Crippen LogP contribution in [0.15, 0.2) is 48.5 Å². The predicted molar refractivity (Wildman–Crippen MR) is 157 cm³/mol. The molecule has 0 aliphatic rings. The van der Waals surface area contributed by atoms with Gasteiger partial charge >= 0.3 is 29.8 Å². The molecular formula is C32H40O13. The van der Waals surface area contributed by atoms with Gasteiger partial charge in [0.25, 0.3) is 0 Å². The molecule has 0 fully saturated rings. The van der Waals surface area contributed by atoms with E-state index in [0.29, 0.717) is 12.8 Å². The van der Waals surface area contributed by atoms with E-state index in [4.69, 9.17) is 23.7 Å². The average molecular weight is 633 g/mol. The molecule has 13 heteroatoms. The quantitative estimate of drug-likeness (QED) is 0.123. The number of rotatable bonds is 18. The van der Waals surface area contributed by atoms with E-state index in [1.807, 2.05) is 0 Å². The first-order chi connectivity index (χ1) is 21.5. The molecule has 2 aromatic rings. The summed E-state index contributed by atoms with van der Waals surface area (Å²) >= 11 is 0. The largest absolute Gasteiger partial charge is 0.465 e. The van der Waals surface area contributed by atoms with E-state index in [-0.39, 0.29) is 75.1 Å². The molecular weight excluding hydrogens is 592 g/mol. The second-order valence-electron chi connectivity index (χ2n) is 10.5. The van der Waals surface area contributed by atoms with Crippen LogP contribution in [0.3, 0.4) is 0 Å². The van der Waals surface area contributed by atoms with E-state index < -0.39 is 40.7 Å². The molecule has 13 nitrogen and oxygen atoms in total. The van der Waals surface area contributed by atoms with Gasteiger partial charge in [-0.15, -0.1) is 0 Å². The Hall–Kier alpha value is -4.33. The van der Waals surface area contributed by atoms with Crippen molar-refractivity contribution in [1.82, 2.24) is 0 Å². The fourth-order valence-electron chi connectivity index (χ4n) is 3.73. The molecule has 0 radical (unpaired) electrons. The zero-order chi connectivity index (χ0) is 33.5. The Morgan fingerprint density at radius 1 is 0.556 bits per heavy atom. The highest BCUT2D eigenvalue weighted by Crippen LogP contribution is 2.24. The van der Waals surface area contributed by atoms with Crippen molar-refractivity contribution in [2.45, 2.75) is 33.6 Å². The zero-order valence-corrected chi connectivity index (χ0v) is 25.6. The van der Waals surface area contributed by atoms with Crippen LogP contribution < -0.4 is 0 Å². The summed E-state index contributed by atoms with van der Waals surface area (Å²) in [4.78, 5) is 60.9. The van der Waals surface area contributed by atoms with Gasteiger partial charge in [0.1, 0.15) is 33.0 Å². The number of aliphatic hydroxyl groups is 3. The molecule has 246 valence electrons. The standard InChI is InChI=1S/C32H40O13/c1-4-31(16-33,17-34)19-44-28(38)24-11-9-23(10-12-24)27(37)41-13-14-42-29(39)25-7-6-8-26(15-25)30(40)45-21-32(5-2,18-35)20-43-22(3)36/h6-12,15,33-35H,4-5,13-14,16-21H2,1-3H3. The molecule has 0 aromatic heterocycles. The minimum atomic E-state index is -0.965. The first kappa shape index (κ1) is 36.9. The fourth-order valence-corrected chi connectivity index (χ4v) is 3.73. The maximum atomic E-state index is 12.6. The van der Waals surface area contributed by atoms with Crippen molar-refractivity contribution in [1.29, 1.82) is 0 Å². The van der Waals surface area contributed by atoms with Gasteiger partial charge in [-0.2, -0.15) is 0 Å². The highest BCUT2D eigenvalue weighted by molar-refractivity contribution is 5.95. The van der Waals surface area contributed by atoms with E-state index in [1.165, 1.54) is 55.5 Å². The molecule has 3 N–H and O–H groups in total. The molecule has 0 heterocycles. The summed E-state index contributed by atoms with van der Waals surface area (Å²) in [6.45, 7) is 2.63. The second kappa shape index (κ2) is 17.8. The van der Waals surface area contributed by atoms with Crippen LogP contribution in [0, 0.1) is 10.8 Å². The van der Waals surface area contributed by atoms with Gasteiger partial charge in [0, 0.05) is 6.92 Å². The lowest BCUT2D eigenvalue weighted by molar-refractivity contribution is -0.147. The van der Waals surface area contributed by atoms with Crippen LogP contribution >= 0.6 is 0 Å². The lowest BCUT2D eigenvalue weighted by Crippen LogP contribution is -2.37. The van der Waals surface area contributed by atoms with E-state index in [1.54, 1.807) is 13.8 Å². The van der Waals surface area contributed by atoms with Gasteiger partial charge < -0.3 is 39.0 Å². The molecule has 0 spiro atoms. The van der Waals surface area contributed by atoms with Crippen LogP contribution in [-0.2, 0) is 28.5 Å². The molecule has 0 amide bonds. The summed E-state index contributed by atoms with van der Waals surface area (Å²) < 4.78 is 25.8. The molecule has 0 aliphatic carbocycles. The first-order valence-electron chi connectivity index (χ1n) is 14.3.